The minimum Gasteiger partial charge on any atom is -0.358 e. The zero-order valence-corrected chi connectivity index (χ0v) is 17.4. The lowest BCUT2D eigenvalue weighted by molar-refractivity contribution is -0.927. The van der Waals surface area contributed by atoms with Crippen LogP contribution in [-0.2, 0) is 0 Å². The molecule has 0 unspecified atom stereocenters. The van der Waals surface area contributed by atoms with Crippen molar-refractivity contribution in [3.8, 4) is 0 Å². The van der Waals surface area contributed by atoms with Crippen LogP contribution in [0.15, 0.2) is 48.5 Å². The van der Waals surface area contributed by atoms with Crippen molar-refractivity contribution >= 4 is 5.69 Å². The minimum absolute atomic E-state index is 0.207. The number of halogens is 2. The van der Waals surface area contributed by atoms with Crippen LogP contribution in [0.4, 0.5) is 14.5 Å². The van der Waals surface area contributed by atoms with Crippen LogP contribution >= 0.6 is 0 Å². The molecular formula is C23H27F2N6+. The number of piperazine rings is 1. The summed E-state index contributed by atoms with van der Waals surface area (Å²) >= 11 is 0. The molecule has 1 saturated heterocycles. The van der Waals surface area contributed by atoms with E-state index in [1.165, 1.54) is 29.9 Å². The van der Waals surface area contributed by atoms with Crippen LogP contribution in [0, 0.1) is 11.6 Å². The number of hydrogen-bond acceptors (Lipinski definition) is 4. The molecule has 2 aliphatic rings. The predicted octanol–water partition coefficient (Wildman–Crippen LogP) is 2.56. The molecule has 8 heteroatoms. The van der Waals surface area contributed by atoms with Crippen molar-refractivity contribution in [2.24, 2.45) is 0 Å². The number of para-hydroxylation sites is 1. The smallest absolute Gasteiger partial charge is 0.214 e. The van der Waals surface area contributed by atoms with Gasteiger partial charge in [0.05, 0.1) is 43.5 Å². The Morgan fingerprint density at radius 2 is 1.58 bits per heavy atom. The molecule has 3 aromatic rings. The molecule has 2 heterocycles. The van der Waals surface area contributed by atoms with E-state index in [-0.39, 0.29) is 23.7 Å². The van der Waals surface area contributed by atoms with Gasteiger partial charge in [0.1, 0.15) is 11.6 Å². The maximum atomic E-state index is 14.9. The van der Waals surface area contributed by atoms with Crippen LogP contribution in [0.1, 0.15) is 49.2 Å². The number of nitrogens with one attached hydrogen (secondary N) is 1. The molecule has 162 valence electrons. The topological polar surface area (TPSA) is 51.3 Å². The molecule has 1 aromatic heterocycles. The highest BCUT2D eigenvalue weighted by atomic mass is 19.1. The van der Waals surface area contributed by atoms with Crippen LogP contribution < -0.4 is 9.80 Å². The second kappa shape index (κ2) is 8.70. The van der Waals surface area contributed by atoms with E-state index < -0.39 is 0 Å². The summed E-state index contributed by atoms with van der Waals surface area (Å²) in [5, 5.41) is 12.7. The standard InChI is InChI=1S/C23H26F2N6/c24-19-10-4-3-9-18(19)22(23-26-27-28-31(23)17-7-1-2-8-17)30-15-13-29(14-16-30)21-12-6-5-11-20(21)25/h3-6,9-12,17,22H,1-2,7-8,13-16H2/p+1/t22-/m1/s1. The molecular weight excluding hydrogens is 398 g/mol. The van der Waals surface area contributed by atoms with Gasteiger partial charge in [-0.15, -0.1) is 5.10 Å². The molecule has 0 spiro atoms. The van der Waals surface area contributed by atoms with E-state index in [9.17, 15) is 8.78 Å². The van der Waals surface area contributed by atoms with Gasteiger partial charge in [-0.25, -0.2) is 13.5 Å². The van der Waals surface area contributed by atoms with Crippen molar-refractivity contribution < 1.29 is 13.7 Å². The zero-order chi connectivity index (χ0) is 21.2. The predicted molar refractivity (Wildman–Crippen MR) is 113 cm³/mol. The Balaban J connectivity index is 1.45. The first-order valence-corrected chi connectivity index (χ1v) is 11.1. The highest BCUT2D eigenvalue weighted by Gasteiger charge is 2.37. The van der Waals surface area contributed by atoms with Crippen molar-refractivity contribution in [2.75, 3.05) is 31.1 Å². The second-order valence-electron chi connectivity index (χ2n) is 8.47. The number of quaternary nitrogens is 1. The van der Waals surface area contributed by atoms with Crippen LogP contribution in [0.2, 0.25) is 0 Å². The van der Waals surface area contributed by atoms with Gasteiger partial charge in [0.25, 0.3) is 0 Å². The van der Waals surface area contributed by atoms with Gasteiger partial charge in [0.2, 0.25) is 5.82 Å². The summed E-state index contributed by atoms with van der Waals surface area (Å²) in [6.45, 7) is 2.86. The Hall–Kier alpha value is -2.87. The van der Waals surface area contributed by atoms with E-state index >= 15 is 0 Å². The number of benzene rings is 2. The molecule has 1 aliphatic carbocycles. The Morgan fingerprint density at radius 3 is 2.29 bits per heavy atom. The van der Waals surface area contributed by atoms with E-state index in [1.807, 2.05) is 28.9 Å². The fraction of sp³-hybridized carbons (Fsp3) is 0.435. The third-order valence-electron chi connectivity index (χ3n) is 6.67. The molecule has 1 N–H and O–H groups in total. The van der Waals surface area contributed by atoms with Crippen LogP contribution in [0.25, 0.3) is 0 Å². The van der Waals surface area contributed by atoms with Crippen LogP contribution in [0.3, 0.4) is 0 Å². The van der Waals surface area contributed by atoms with Crippen LogP contribution in [0.5, 0.6) is 0 Å². The number of tetrazole rings is 1. The molecule has 31 heavy (non-hydrogen) atoms. The lowest BCUT2D eigenvalue weighted by atomic mass is 10.0. The largest absolute Gasteiger partial charge is 0.358 e. The fourth-order valence-corrected chi connectivity index (χ4v) is 5.08. The van der Waals surface area contributed by atoms with E-state index in [2.05, 4.69) is 20.4 Å². The van der Waals surface area contributed by atoms with Gasteiger partial charge < -0.3 is 9.80 Å². The van der Waals surface area contributed by atoms with Gasteiger partial charge in [-0.2, -0.15) is 0 Å². The maximum Gasteiger partial charge on any atom is 0.214 e. The molecule has 2 fully saturated rings. The summed E-state index contributed by atoms with van der Waals surface area (Å²) in [4.78, 5) is 3.27. The normalized spacial score (nSPS) is 19.1. The third-order valence-corrected chi connectivity index (χ3v) is 6.67. The molecule has 2 aromatic carbocycles. The number of rotatable bonds is 5. The quantitative estimate of drug-likeness (QED) is 0.683. The van der Waals surface area contributed by atoms with Gasteiger partial charge >= 0.3 is 0 Å². The summed E-state index contributed by atoms with van der Waals surface area (Å²) in [7, 11) is 0. The first kappa shape index (κ1) is 20.1. The molecule has 5 rings (SSSR count). The van der Waals surface area contributed by atoms with Gasteiger partial charge in [0.15, 0.2) is 6.04 Å². The van der Waals surface area contributed by atoms with Crippen LogP contribution in [-0.4, -0.2) is 46.4 Å². The van der Waals surface area contributed by atoms with Crippen molar-refractivity contribution in [3.63, 3.8) is 0 Å². The van der Waals surface area contributed by atoms with E-state index in [1.54, 1.807) is 12.1 Å². The Labute approximate surface area is 180 Å². The zero-order valence-electron chi connectivity index (χ0n) is 17.4. The van der Waals surface area contributed by atoms with Crippen molar-refractivity contribution in [1.82, 2.24) is 20.2 Å². The number of anilines is 1. The Bertz CT molecular complexity index is 1020. The highest BCUT2D eigenvalue weighted by Crippen LogP contribution is 2.31. The van der Waals surface area contributed by atoms with E-state index in [4.69, 9.17) is 0 Å². The second-order valence-corrected chi connectivity index (χ2v) is 8.47. The summed E-state index contributed by atoms with van der Waals surface area (Å²) in [6.07, 6.45) is 4.45. The van der Waals surface area contributed by atoms with Crippen molar-refractivity contribution in [3.05, 3.63) is 71.6 Å². The van der Waals surface area contributed by atoms with E-state index in [0.717, 1.165) is 31.8 Å². The van der Waals surface area contributed by atoms with E-state index in [0.29, 0.717) is 24.3 Å². The highest BCUT2D eigenvalue weighted by molar-refractivity contribution is 5.47. The summed E-state index contributed by atoms with van der Waals surface area (Å²) < 4.78 is 31.1. The minimum atomic E-state index is -0.292. The average Bonchev–Trinajstić information content (AvgIpc) is 3.48. The molecule has 0 radical (unpaired) electrons. The fourth-order valence-electron chi connectivity index (χ4n) is 5.08. The molecule has 0 bridgehead atoms. The molecule has 6 nitrogen and oxygen atoms in total. The summed E-state index contributed by atoms with van der Waals surface area (Å²) in [6, 6.07) is 13.8. The lowest BCUT2D eigenvalue weighted by Gasteiger charge is -2.37. The third kappa shape index (κ3) is 3.92. The monoisotopic (exact) mass is 425 g/mol. The molecule has 0 amide bonds. The first-order chi connectivity index (χ1) is 15.2. The summed E-state index contributed by atoms with van der Waals surface area (Å²) in [5.41, 5.74) is 1.24. The van der Waals surface area contributed by atoms with Gasteiger partial charge in [-0.3, -0.25) is 0 Å². The number of aromatic nitrogens is 4. The first-order valence-electron chi connectivity index (χ1n) is 11.1. The SMILES string of the molecule is Fc1ccccc1[C@H](c1nnnn1C1CCCC1)[NH+]1CCN(c2ccccc2F)CC1. The summed E-state index contributed by atoms with van der Waals surface area (Å²) in [5.74, 6) is 0.283. The number of nitrogens with zero attached hydrogens (tertiary/aromatic N) is 5. The lowest BCUT2D eigenvalue weighted by Crippen LogP contribution is -3.15. The van der Waals surface area contributed by atoms with Gasteiger partial charge in [-0.1, -0.05) is 37.1 Å². The number of hydrogen-bond donors (Lipinski definition) is 1. The molecule has 1 saturated carbocycles. The van der Waals surface area contributed by atoms with Gasteiger partial charge in [-0.05, 0) is 47.5 Å². The average molecular weight is 426 g/mol. The Morgan fingerprint density at radius 1 is 0.903 bits per heavy atom. The molecule has 1 atom stereocenters. The van der Waals surface area contributed by atoms with Gasteiger partial charge in [0, 0.05) is 0 Å². The Kier molecular flexibility index (Phi) is 5.63. The van der Waals surface area contributed by atoms with Crippen molar-refractivity contribution in [1.29, 1.82) is 0 Å². The molecule has 1 aliphatic heterocycles. The maximum absolute atomic E-state index is 14.9. The van der Waals surface area contributed by atoms with Crippen molar-refractivity contribution in [2.45, 2.75) is 37.8 Å².